The molecule has 4 nitrogen and oxygen atoms in total. The summed E-state index contributed by atoms with van der Waals surface area (Å²) in [6.07, 6.45) is 6.54. The fraction of sp³-hybridized carbons (Fsp3) is 0.714. The normalized spacial score (nSPS) is 21.8. The number of nitrogens with zero attached hydrogens (tertiary/aromatic N) is 1. The molecule has 7 heteroatoms. The van der Waals surface area contributed by atoms with Gasteiger partial charge in [0.05, 0.1) is 5.69 Å². The van der Waals surface area contributed by atoms with Crippen molar-refractivity contribution in [3.05, 3.63) is 10.6 Å². The van der Waals surface area contributed by atoms with E-state index in [1.54, 1.807) is 11.3 Å². The van der Waals surface area contributed by atoms with Crippen LogP contribution in [-0.4, -0.2) is 35.0 Å². The number of thioether (sulfide) groups is 1. The Balaban J connectivity index is 0.00000161. The van der Waals surface area contributed by atoms with E-state index in [1.807, 2.05) is 11.8 Å². The molecule has 0 radical (unpaired) electrons. The number of aryl methyl sites for hydroxylation is 2. The Hall–Kier alpha value is -0.300. The second-order valence-electron chi connectivity index (χ2n) is 5.43. The molecule has 1 atom stereocenters. The molecule has 21 heavy (non-hydrogen) atoms. The zero-order valence-corrected chi connectivity index (χ0v) is 14.5. The van der Waals surface area contributed by atoms with Crippen molar-refractivity contribution < 1.29 is 4.79 Å². The highest BCUT2D eigenvalue weighted by Crippen LogP contribution is 2.29. The Morgan fingerprint density at radius 3 is 3.00 bits per heavy atom. The Labute approximate surface area is 140 Å². The van der Waals surface area contributed by atoms with Gasteiger partial charge in [-0.2, -0.15) is 11.8 Å². The number of anilines is 1. The SMILES string of the molecule is Cl.O=C(CC1CSCCN1)Nc1nc2c(s1)CCCCC2. The minimum absolute atomic E-state index is 0. The van der Waals surface area contributed by atoms with E-state index in [9.17, 15) is 4.79 Å². The van der Waals surface area contributed by atoms with Gasteiger partial charge in [-0.3, -0.25) is 4.79 Å². The fourth-order valence-corrected chi connectivity index (χ4v) is 4.74. The maximum absolute atomic E-state index is 12.1. The summed E-state index contributed by atoms with van der Waals surface area (Å²) in [6, 6.07) is 0.312. The first-order valence-corrected chi connectivity index (χ1v) is 9.38. The maximum atomic E-state index is 12.1. The van der Waals surface area contributed by atoms with Gasteiger partial charge in [0.1, 0.15) is 0 Å². The van der Waals surface area contributed by atoms with Crippen LogP contribution in [-0.2, 0) is 17.6 Å². The summed E-state index contributed by atoms with van der Waals surface area (Å²) in [5.74, 6) is 2.27. The summed E-state index contributed by atoms with van der Waals surface area (Å²) in [7, 11) is 0. The summed E-state index contributed by atoms with van der Waals surface area (Å²) in [5, 5.41) is 7.18. The molecular weight excluding hydrogens is 326 g/mol. The number of rotatable bonds is 3. The zero-order valence-electron chi connectivity index (χ0n) is 12.0. The number of halogens is 1. The molecule has 1 amide bonds. The Kier molecular flexibility index (Phi) is 6.79. The molecule has 1 aromatic rings. The summed E-state index contributed by atoms with van der Waals surface area (Å²) in [4.78, 5) is 18.1. The highest BCUT2D eigenvalue weighted by atomic mass is 35.5. The van der Waals surface area contributed by atoms with E-state index in [-0.39, 0.29) is 18.3 Å². The molecule has 2 aliphatic rings. The van der Waals surface area contributed by atoms with E-state index < -0.39 is 0 Å². The van der Waals surface area contributed by atoms with Crippen LogP contribution in [0.1, 0.15) is 36.3 Å². The molecule has 1 saturated heterocycles. The van der Waals surface area contributed by atoms with Crippen molar-refractivity contribution in [3.63, 3.8) is 0 Å². The topological polar surface area (TPSA) is 54.0 Å². The number of thiazole rings is 1. The molecule has 0 saturated carbocycles. The van der Waals surface area contributed by atoms with E-state index in [0.717, 1.165) is 36.0 Å². The third-order valence-electron chi connectivity index (χ3n) is 3.77. The minimum Gasteiger partial charge on any atom is -0.312 e. The number of amides is 1. The van der Waals surface area contributed by atoms with E-state index in [2.05, 4.69) is 15.6 Å². The number of fused-ring (bicyclic) bond motifs is 1. The first kappa shape index (κ1) is 17.1. The molecule has 2 heterocycles. The van der Waals surface area contributed by atoms with Crippen molar-refractivity contribution >= 4 is 46.5 Å². The van der Waals surface area contributed by atoms with Gasteiger partial charge in [-0.1, -0.05) is 6.42 Å². The smallest absolute Gasteiger partial charge is 0.227 e. The van der Waals surface area contributed by atoms with Crippen LogP contribution in [0.4, 0.5) is 5.13 Å². The Bertz CT molecular complexity index is 451. The van der Waals surface area contributed by atoms with Gasteiger partial charge in [0.25, 0.3) is 0 Å². The van der Waals surface area contributed by atoms with E-state index in [0.29, 0.717) is 12.5 Å². The van der Waals surface area contributed by atoms with Crippen LogP contribution >= 0.6 is 35.5 Å². The van der Waals surface area contributed by atoms with Gasteiger partial charge in [-0.15, -0.1) is 23.7 Å². The van der Waals surface area contributed by atoms with Crippen LogP contribution in [0.3, 0.4) is 0 Å². The van der Waals surface area contributed by atoms with Crippen LogP contribution in [0.5, 0.6) is 0 Å². The molecule has 118 valence electrons. The van der Waals surface area contributed by atoms with Crippen molar-refractivity contribution in [2.75, 3.05) is 23.4 Å². The maximum Gasteiger partial charge on any atom is 0.227 e. The lowest BCUT2D eigenvalue weighted by Gasteiger charge is -2.22. The Morgan fingerprint density at radius 2 is 2.19 bits per heavy atom. The van der Waals surface area contributed by atoms with Gasteiger partial charge < -0.3 is 10.6 Å². The molecule has 3 rings (SSSR count). The van der Waals surface area contributed by atoms with Crippen molar-refractivity contribution in [2.24, 2.45) is 0 Å². The second-order valence-corrected chi connectivity index (χ2v) is 7.66. The highest BCUT2D eigenvalue weighted by Gasteiger charge is 2.19. The standard InChI is InChI=1S/C14H21N3OS2.ClH/c18-13(8-10-9-19-7-6-15-10)17-14-16-11-4-2-1-3-5-12(11)20-14;/h10,15H,1-9H2,(H,16,17,18);1H. The molecule has 1 unspecified atom stereocenters. The molecule has 1 fully saturated rings. The number of aromatic nitrogens is 1. The average molecular weight is 348 g/mol. The summed E-state index contributed by atoms with van der Waals surface area (Å²) < 4.78 is 0. The van der Waals surface area contributed by atoms with Gasteiger partial charge >= 0.3 is 0 Å². The lowest BCUT2D eigenvalue weighted by molar-refractivity contribution is -0.116. The number of carbonyl (C=O) groups is 1. The third-order valence-corrected chi connectivity index (χ3v) is 5.98. The van der Waals surface area contributed by atoms with E-state index in [1.165, 1.54) is 29.8 Å². The molecule has 0 aromatic carbocycles. The molecule has 2 N–H and O–H groups in total. The van der Waals surface area contributed by atoms with Crippen LogP contribution in [0.25, 0.3) is 0 Å². The number of nitrogens with one attached hydrogen (secondary N) is 2. The zero-order chi connectivity index (χ0) is 13.8. The van der Waals surface area contributed by atoms with Gasteiger partial charge in [-0.25, -0.2) is 4.98 Å². The lowest BCUT2D eigenvalue weighted by atomic mass is 10.2. The molecule has 0 spiro atoms. The van der Waals surface area contributed by atoms with Crippen LogP contribution < -0.4 is 10.6 Å². The third kappa shape index (κ3) is 4.84. The number of hydrogen-bond acceptors (Lipinski definition) is 5. The molecule has 0 bridgehead atoms. The molecular formula is C14H22ClN3OS2. The van der Waals surface area contributed by atoms with Crippen molar-refractivity contribution in [3.8, 4) is 0 Å². The van der Waals surface area contributed by atoms with Crippen LogP contribution in [0.15, 0.2) is 0 Å². The predicted molar refractivity (Wildman–Crippen MR) is 93.0 cm³/mol. The number of hydrogen-bond donors (Lipinski definition) is 2. The summed E-state index contributed by atoms with van der Waals surface area (Å²) in [6.45, 7) is 1.01. The highest BCUT2D eigenvalue weighted by molar-refractivity contribution is 7.99. The first-order valence-electron chi connectivity index (χ1n) is 7.41. The Morgan fingerprint density at radius 1 is 1.33 bits per heavy atom. The van der Waals surface area contributed by atoms with Crippen molar-refractivity contribution in [2.45, 2.75) is 44.6 Å². The predicted octanol–water partition coefficient (Wildman–Crippen LogP) is 2.87. The quantitative estimate of drug-likeness (QED) is 0.825. The van der Waals surface area contributed by atoms with E-state index in [4.69, 9.17) is 0 Å². The summed E-state index contributed by atoms with van der Waals surface area (Å²) in [5.41, 5.74) is 1.22. The van der Waals surface area contributed by atoms with Crippen molar-refractivity contribution in [1.82, 2.24) is 10.3 Å². The largest absolute Gasteiger partial charge is 0.312 e. The molecule has 1 aromatic heterocycles. The van der Waals surface area contributed by atoms with Gasteiger partial charge in [0.15, 0.2) is 5.13 Å². The van der Waals surface area contributed by atoms with Gasteiger partial charge in [0.2, 0.25) is 5.91 Å². The minimum atomic E-state index is 0. The molecule has 1 aliphatic carbocycles. The first-order chi connectivity index (χ1) is 9.81. The van der Waals surface area contributed by atoms with Crippen LogP contribution in [0, 0.1) is 0 Å². The second kappa shape index (κ2) is 8.36. The fourth-order valence-electron chi connectivity index (χ4n) is 2.73. The van der Waals surface area contributed by atoms with Gasteiger partial charge in [0, 0.05) is 35.4 Å². The monoisotopic (exact) mass is 347 g/mol. The molecule has 1 aliphatic heterocycles. The average Bonchev–Trinajstić information content (AvgIpc) is 2.68. The van der Waals surface area contributed by atoms with E-state index >= 15 is 0 Å². The number of carbonyl (C=O) groups excluding carboxylic acids is 1. The van der Waals surface area contributed by atoms with Gasteiger partial charge in [-0.05, 0) is 25.7 Å². The van der Waals surface area contributed by atoms with Crippen LogP contribution in [0.2, 0.25) is 0 Å². The van der Waals surface area contributed by atoms with Crippen molar-refractivity contribution in [1.29, 1.82) is 0 Å². The summed E-state index contributed by atoms with van der Waals surface area (Å²) >= 11 is 3.59. The lowest BCUT2D eigenvalue weighted by Crippen LogP contribution is -2.39.